The van der Waals surface area contributed by atoms with Crippen molar-refractivity contribution >= 4 is 17.2 Å². The lowest BCUT2D eigenvalue weighted by atomic mass is 9.95. The maximum absolute atomic E-state index is 12.9. The molecule has 4 rings (SSSR count). The molecule has 132 valence electrons. The summed E-state index contributed by atoms with van der Waals surface area (Å²) in [5.74, 6) is 0.136. The van der Waals surface area contributed by atoms with Crippen LogP contribution in [0.4, 0.5) is 0 Å². The molecule has 0 saturated carbocycles. The normalized spacial score (nSPS) is 18.6. The Morgan fingerprint density at radius 1 is 1.08 bits per heavy atom. The van der Waals surface area contributed by atoms with Crippen LogP contribution in [0, 0.1) is 0 Å². The number of carbonyl (C=O) groups excluding carboxylic acids is 1. The summed E-state index contributed by atoms with van der Waals surface area (Å²) in [5, 5.41) is 2.10. The van der Waals surface area contributed by atoms with Gasteiger partial charge >= 0.3 is 0 Å². The van der Waals surface area contributed by atoms with Gasteiger partial charge in [0, 0.05) is 50.0 Å². The van der Waals surface area contributed by atoms with Gasteiger partial charge < -0.3 is 4.90 Å². The lowest BCUT2D eigenvalue weighted by molar-refractivity contribution is 0.0760. The van der Waals surface area contributed by atoms with Crippen LogP contribution in [0.5, 0.6) is 0 Å². The summed E-state index contributed by atoms with van der Waals surface area (Å²) in [6.07, 6.45) is 7.33. The topological polar surface area (TPSA) is 49.3 Å². The van der Waals surface area contributed by atoms with Crippen molar-refractivity contribution < 1.29 is 4.79 Å². The van der Waals surface area contributed by atoms with Crippen molar-refractivity contribution in [1.29, 1.82) is 0 Å². The van der Waals surface area contributed by atoms with E-state index in [1.807, 2.05) is 10.4 Å². The number of hydrogen-bond acceptors (Lipinski definition) is 5. The van der Waals surface area contributed by atoms with E-state index in [1.165, 1.54) is 24.1 Å². The summed E-state index contributed by atoms with van der Waals surface area (Å²) in [6, 6.07) is 2.09. The van der Waals surface area contributed by atoms with Crippen LogP contribution in [0.3, 0.4) is 0 Å². The first kappa shape index (κ1) is 16.7. The number of rotatable bonds is 3. The van der Waals surface area contributed by atoms with Crippen molar-refractivity contribution in [2.45, 2.75) is 38.6 Å². The summed E-state index contributed by atoms with van der Waals surface area (Å²) in [5.41, 5.74) is 6.23. The first-order valence-corrected chi connectivity index (χ1v) is 10.1. The van der Waals surface area contributed by atoms with Crippen molar-refractivity contribution in [2.75, 3.05) is 26.2 Å². The third kappa shape index (κ3) is 3.90. The first-order valence-electron chi connectivity index (χ1n) is 9.16. The third-order valence-corrected chi connectivity index (χ3v) is 5.80. The van der Waals surface area contributed by atoms with Crippen LogP contribution in [0.25, 0.3) is 0 Å². The van der Waals surface area contributed by atoms with Gasteiger partial charge in [-0.2, -0.15) is 0 Å². The van der Waals surface area contributed by atoms with E-state index < -0.39 is 0 Å². The highest BCUT2D eigenvalue weighted by Gasteiger charge is 2.22. The molecule has 0 bridgehead atoms. The van der Waals surface area contributed by atoms with Crippen LogP contribution >= 0.6 is 11.3 Å². The van der Waals surface area contributed by atoms with E-state index in [2.05, 4.69) is 26.3 Å². The molecule has 0 radical (unpaired) electrons. The number of fused-ring (bicyclic) bond motifs is 1. The van der Waals surface area contributed by atoms with Gasteiger partial charge in [0.1, 0.15) is 0 Å². The van der Waals surface area contributed by atoms with Crippen molar-refractivity contribution in [2.24, 2.45) is 0 Å². The maximum atomic E-state index is 12.9. The molecule has 2 aromatic heterocycles. The molecule has 0 N–H and O–H groups in total. The monoisotopic (exact) mass is 356 g/mol. The Labute approximate surface area is 152 Å². The van der Waals surface area contributed by atoms with Gasteiger partial charge in [0.25, 0.3) is 5.91 Å². The Balaban J connectivity index is 1.40. The quantitative estimate of drug-likeness (QED) is 0.848. The van der Waals surface area contributed by atoms with E-state index in [1.54, 1.807) is 17.5 Å². The second-order valence-electron chi connectivity index (χ2n) is 6.94. The molecular weight excluding hydrogens is 332 g/mol. The van der Waals surface area contributed by atoms with Gasteiger partial charge in [0.15, 0.2) is 0 Å². The third-order valence-electron chi connectivity index (χ3n) is 5.16. The molecule has 1 amide bonds. The molecule has 2 aliphatic rings. The molecule has 0 spiro atoms. The first-order chi connectivity index (χ1) is 12.3. The molecule has 2 aromatic rings. The predicted octanol–water partition coefficient (Wildman–Crippen LogP) is 2.77. The molecule has 1 saturated heterocycles. The Hall–Kier alpha value is -1.79. The van der Waals surface area contributed by atoms with Crippen molar-refractivity contribution in [3.63, 3.8) is 0 Å². The smallest absolute Gasteiger partial charge is 0.255 e. The average molecular weight is 356 g/mol. The van der Waals surface area contributed by atoms with E-state index in [9.17, 15) is 4.79 Å². The minimum Gasteiger partial charge on any atom is -0.337 e. The lowest BCUT2D eigenvalue weighted by Crippen LogP contribution is -2.35. The number of hydrogen-bond donors (Lipinski definition) is 0. The molecule has 3 heterocycles. The zero-order valence-electron chi connectivity index (χ0n) is 14.5. The van der Waals surface area contributed by atoms with E-state index in [0.29, 0.717) is 0 Å². The van der Waals surface area contributed by atoms with Crippen LogP contribution in [-0.4, -0.2) is 51.9 Å². The SMILES string of the molecule is O=C(c1cnc2c(c1)CCCC2)N1CCCN(Cc2cscn2)CC1. The van der Waals surface area contributed by atoms with E-state index in [0.717, 1.165) is 63.2 Å². The highest BCUT2D eigenvalue weighted by atomic mass is 32.1. The van der Waals surface area contributed by atoms with E-state index >= 15 is 0 Å². The molecule has 1 fully saturated rings. The summed E-state index contributed by atoms with van der Waals surface area (Å²) in [6.45, 7) is 4.40. The summed E-state index contributed by atoms with van der Waals surface area (Å²) < 4.78 is 0. The van der Waals surface area contributed by atoms with Crippen LogP contribution < -0.4 is 0 Å². The number of nitrogens with zero attached hydrogens (tertiary/aromatic N) is 4. The largest absolute Gasteiger partial charge is 0.337 e. The summed E-state index contributed by atoms with van der Waals surface area (Å²) in [4.78, 5) is 26.2. The molecule has 1 aliphatic heterocycles. The summed E-state index contributed by atoms with van der Waals surface area (Å²) >= 11 is 1.64. The fraction of sp³-hybridized carbons (Fsp3) is 0.526. The number of amides is 1. The second kappa shape index (κ2) is 7.62. The van der Waals surface area contributed by atoms with Crippen molar-refractivity contribution in [3.05, 3.63) is 45.7 Å². The van der Waals surface area contributed by atoms with Crippen LogP contribution in [0.2, 0.25) is 0 Å². The van der Waals surface area contributed by atoms with Gasteiger partial charge in [-0.15, -0.1) is 11.3 Å². The molecule has 0 atom stereocenters. The molecule has 0 unspecified atom stereocenters. The fourth-order valence-corrected chi connectivity index (χ4v) is 4.31. The number of thiazole rings is 1. The Morgan fingerprint density at radius 2 is 2.00 bits per heavy atom. The van der Waals surface area contributed by atoms with Crippen molar-refractivity contribution in [3.8, 4) is 0 Å². The van der Waals surface area contributed by atoms with Crippen LogP contribution in [-0.2, 0) is 19.4 Å². The number of carbonyl (C=O) groups is 1. The number of pyridine rings is 1. The van der Waals surface area contributed by atoms with Gasteiger partial charge in [-0.05, 0) is 43.7 Å². The van der Waals surface area contributed by atoms with Crippen LogP contribution in [0.1, 0.15) is 46.6 Å². The minimum atomic E-state index is 0.136. The van der Waals surface area contributed by atoms with Gasteiger partial charge in [-0.1, -0.05) is 0 Å². The number of aromatic nitrogens is 2. The zero-order chi connectivity index (χ0) is 17.1. The van der Waals surface area contributed by atoms with Gasteiger partial charge in [-0.3, -0.25) is 14.7 Å². The van der Waals surface area contributed by atoms with Gasteiger partial charge in [0.05, 0.1) is 16.8 Å². The second-order valence-corrected chi connectivity index (χ2v) is 7.66. The molecule has 5 nitrogen and oxygen atoms in total. The van der Waals surface area contributed by atoms with E-state index in [-0.39, 0.29) is 5.91 Å². The average Bonchev–Trinajstić information content (AvgIpc) is 3.05. The zero-order valence-corrected chi connectivity index (χ0v) is 15.3. The predicted molar refractivity (Wildman–Crippen MR) is 98.8 cm³/mol. The Bertz CT molecular complexity index is 731. The molecule has 0 aromatic carbocycles. The molecule has 1 aliphatic carbocycles. The standard InChI is InChI=1S/C19H24N4OS/c24-19(16-10-15-4-1-2-5-18(15)20-11-16)23-7-3-6-22(8-9-23)12-17-13-25-14-21-17/h10-11,13-14H,1-9,12H2. The highest BCUT2D eigenvalue weighted by Crippen LogP contribution is 2.21. The highest BCUT2D eigenvalue weighted by molar-refractivity contribution is 7.07. The van der Waals surface area contributed by atoms with Crippen molar-refractivity contribution in [1.82, 2.24) is 19.8 Å². The minimum absolute atomic E-state index is 0.136. The number of aryl methyl sites for hydroxylation is 2. The molecule has 6 heteroatoms. The lowest BCUT2D eigenvalue weighted by Gasteiger charge is -2.22. The van der Waals surface area contributed by atoms with E-state index in [4.69, 9.17) is 0 Å². The van der Waals surface area contributed by atoms with Gasteiger partial charge in [-0.25, -0.2) is 4.98 Å². The van der Waals surface area contributed by atoms with Crippen LogP contribution in [0.15, 0.2) is 23.2 Å². The Morgan fingerprint density at radius 3 is 2.88 bits per heavy atom. The Kier molecular flexibility index (Phi) is 5.08. The van der Waals surface area contributed by atoms with Gasteiger partial charge in [0.2, 0.25) is 0 Å². The summed E-state index contributed by atoms with van der Waals surface area (Å²) in [7, 11) is 0. The maximum Gasteiger partial charge on any atom is 0.255 e. The molecule has 25 heavy (non-hydrogen) atoms. The molecular formula is C19H24N4OS. The fourth-order valence-electron chi connectivity index (χ4n) is 3.76.